The summed E-state index contributed by atoms with van der Waals surface area (Å²) in [7, 11) is 1.74. The van der Waals surface area contributed by atoms with E-state index in [2.05, 4.69) is 66.3 Å². The summed E-state index contributed by atoms with van der Waals surface area (Å²) in [6.45, 7) is 4.99. The number of carbonyl (C=O) groups excluding carboxylic acids is 1. The van der Waals surface area contributed by atoms with Crippen molar-refractivity contribution in [3.8, 4) is 11.4 Å². The number of aryl methyl sites for hydroxylation is 2. The van der Waals surface area contributed by atoms with Gasteiger partial charge in [-0.2, -0.15) is 5.10 Å². The second-order valence-corrected chi connectivity index (χ2v) is 11.2. The Hall–Kier alpha value is -3.08. The molecule has 2 aromatic carbocycles. The Labute approximate surface area is 221 Å². The molecule has 196 valence electrons. The van der Waals surface area contributed by atoms with Crippen LogP contribution in [0.2, 0.25) is 0 Å². The number of ether oxygens (including phenoxy) is 1. The highest BCUT2D eigenvalue weighted by molar-refractivity contribution is 5.95. The third kappa shape index (κ3) is 5.92. The summed E-state index contributed by atoms with van der Waals surface area (Å²) < 4.78 is 7.36. The van der Waals surface area contributed by atoms with Crippen molar-refractivity contribution in [1.29, 1.82) is 0 Å². The normalized spacial score (nSPS) is 20.5. The molecule has 0 radical (unpaired) electrons. The van der Waals surface area contributed by atoms with Crippen molar-refractivity contribution in [3.63, 3.8) is 0 Å². The Kier molecular flexibility index (Phi) is 7.97. The van der Waals surface area contributed by atoms with Gasteiger partial charge in [0.25, 0.3) is 0 Å². The van der Waals surface area contributed by atoms with E-state index in [0.29, 0.717) is 17.7 Å². The topological polar surface area (TPSA) is 47.4 Å². The fourth-order valence-electron chi connectivity index (χ4n) is 6.34. The lowest BCUT2D eigenvalue weighted by Crippen LogP contribution is -2.41. The van der Waals surface area contributed by atoms with E-state index >= 15 is 0 Å². The molecule has 2 aliphatic carbocycles. The Balaban J connectivity index is 1.32. The van der Waals surface area contributed by atoms with Crippen molar-refractivity contribution in [1.82, 2.24) is 9.78 Å². The summed E-state index contributed by atoms with van der Waals surface area (Å²) in [5.74, 6) is 2.56. The number of rotatable bonds is 7. The zero-order valence-corrected chi connectivity index (χ0v) is 22.7. The maximum atomic E-state index is 13.9. The Morgan fingerprint density at radius 1 is 1.00 bits per heavy atom. The number of carbonyl (C=O) groups is 1. The van der Waals surface area contributed by atoms with Crippen LogP contribution < -0.4 is 9.64 Å². The molecular formula is C32H41N3O2. The fourth-order valence-corrected chi connectivity index (χ4v) is 6.34. The van der Waals surface area contributed by atoms with Crippen LogP contribution in [-0.4, -0.2) is 29.3 Å². The van der Waals surface area contributed by atoms with Crippen LogP contribution in [0.4, 0.5) is 5.69 Å². The van der Waals surface area contributed by atoms with Crippen LogP contribution in [-0.2, 0) is 4.79 Å². The third-order valence-electron chi connectivity index (χ3n) is 8.52. The molecule has 37 heavy (non-hydrogen) atoms. The number of nitrogens with zero attached hydrogens (tertiary/aromatic N) is 3. The molecule has 2 saturated carbocycles. The summed E-state index contributed by atoms with van der Waals surface area (Å²) in [5, 5.41) is 4.50. The maximum absolute atomic E-state index is 13.9. The van der Waals surface area contributed by atoms with Crippen molar-refractivity contribution < 1.29 is 9.53 Å². The molecule has 5 rings (SSSR count). The molecule has 0 saturated heterocycles. The zero-order chi connectivity index (χ0) is 25.8. The Bertz CT molecular complexity index is 1200. The fraction of sp³-hybridized carbons (Fsp3) is 0.500. The van der Waals surface area contributed by atoms with Crippen LogP contribution in [0.5, 0.6) is 5.75 Å². The maximum Gasteiger partial charge on any atom is 0.230 e. The Morgan fingerprint density at radius 2 is 1.78 bits per heavy atom. The largest absolute Gasteiger partial charge is 0.496 e. The minimum atomic E-state index is 0.156. The van der Waals surface area contributed by atoms with E-state index in [4.69, 9.17) is 4.74 Å². The summed E-state index contributed by atoms with van der Waals surface area (Å²) >= 11 is 0. The minimum Gasteiger partial charge on any atom is -0.496 e. The third-order valence-corrected chi connectivity index (χ3v) is 8.52. The molecule has 1 amide bonds. The van der Waals surface area contributed by atoms with Gasteiger partial charge in [-0.15, -0.1) is 0 Å². The molecule has 5 nitrogen and oxygen atoms in total. The molecule has 0 unspecified atom stereocenters. The van der Waals surface area contributed by atoms with Gasteiger partial charge in [-0.3, -0.25) is 4.79 Å². The van der Waals surface area contributed by atoms with E-state index < -0.39 is 0 Å². The van der Waals surface area contributed by atoms with Gasteiger partial charge in [0.15, 0.2) is 0 Å². The van der Waals surface area contributed by atoms with Crippen LogP contribution in [0.25, 0.3) is 5.69 Å². The van der Waals surface area contributed by atoms with Crippen LogP contribution in [0, 0.1) is 25.7 Å². The summed E-state index contributed by atoms with van der Waals surface area (Å²) in [4.78, 5) is 16.0. The molecular weight excluding hydrogens is 458 g/mol. The van der Waals surface area contributed by atoms with Crippen LogP contribution >= 0.6 is 0 Å². The van der Waals surface area contributed by atoms with Crippen molar-refractivity contribution in [2.75, 3.05) is 18.6 Å². The standard InChI is InChI=1S/C32H41N3O2/c1-23-20-33-35(21-23)30-11-7-10-29(19-30)34(32(36)27-8-5-4-6-9-27)22-25-12-14-26(15-13-25)28-16-17-31(37-3)24(2)18-28/h7,10-11,16-21,25-27H,4-6,8-9,12-15,22H2,1-3H3/t25-,26-. The number of hydrogen-bond acceptors (Lipinski definition) is 3. The predicted octanol–water partition coefficient (Wildman–Crippen LogP) is 7.39. The molecule has 0 spiro atoms. The molecule has 2 aliphatic rings. The first-order valence-electron chi connectivity index (χ1n) is 14.1. The van der Waals surface area contributed by atoms with Crippen LogP contribution in [0.3, 0.4) is 0 Å². The van der Waals surface area contributed by atoms with Gasteiger partial charge in [0.2, 0.25) is 5.91 Å². The monoisotopic (exact) mass is 499 g/mol. The van der Waals surface area contributed by atoms with Crippen molar-refractivity contribution in [3.05, 3.63) is 71.5 Å². The highest BCUT2D eigenvalue weighted by Crippen LogP contribution is 2.38. The van der Waals surface area contributed by atoms with Gasteiger partial charge in [0, 0.05) is 24.3 Å². The van der Waals surface area contributed by atoms with Crippen LogP contribution in [0.15, 0.2) is 54.9 Å². The first-order valence-corrected chi connectivity index (χ1v) is 14.1. The predicted molar refractivity (Wildman–Crippen MR) is 150 cm³/mol. The van der Waals surface area contributed by atoms with E-state index in [-0.39, 0.29) is 5.92 Å². The van der Waals surface area contributed by atoms with E-state index in [1.54, 1.807) is 7.11 Å². The molecule has 0 atom stereocenters. The molecule has 5 heteroatoms. The van der Waals surface area contributed by atoms with Crippen LogP contribution in [0.1, 0.15) is 80.4 Å². The lowest BCUT2D eigenvalue weighted by atomic mass is 9.78. The lowest BCUT2D eigenvalue weighted by molar-refractivity contribution is -0.123. The first-order chi connectivity index (χ1) is 18.0. The van der Waals surface area contributed by atoms with Gasteiger partial charge in [0.1, 0.15) is 5.75 Å². The second kappa shape index (κ2) is 11.5. The molecule has 0 bridgehead atoms. The van der Waals surface area contributed by atoms with Gasteiger partial charge < -0.3 is 9.64 Å². The van der Waals surface area contributed by atoms with Crippen molar-refractivity contribution >= 4 is 11.6 Å². The average molecular weight is 500 g/mol. The summed E-state index contributed by atoms with van der Waals surface area (Å²) in [6, 6.07) is 15.0. The Morgan fingerprint density at radius 3 is 2.46 bits per heavy atom. The number of benzene rings is 2. The van der Waals surface area contributed by atoms with E-state index in [0.717, 1.165) is 54.9 Å². The van der Waals surface area contributed by atoms with Gasteiger partial charge in [-0.25, -0.2) is 4.68 Å². The number of methoxy groups -OCH3 is 1. The second-order valence-electron chi connectivity index (χ2n) is 11.2. The van der Waals surface area contributed by atoms with E-state index in [9.17, 15) is 4.79 Å². The zero-order valence-electron chi connectivity index (χ0n) is 22.7. The minimum absolute atomic E-state index is 0.156. The van der Waals surface area contributed by atoms with Gasteiger partial charge in [-0.05, 0) is 105 Å². The molecule has 3 aromatic rings. The van der Waals surface area contributed by atoms with E-state index in [1.807, 2.05) is 17.1 Å². The SMILES string of the molecule is COc1ccc([C@H]2CC[C@H](CN(C(=O)C3CCCCC3)c3cccc(-n4cc(C)cn4)c3)CC2)cc1C. The molecule has 1 heterocycles. The smallest absolute Gasteiger partial charge is 0.230 e. The van der Waals surface area contributed by atoms with Gasteiger partial charge in [0.05, 0.1) is 19.0 Å². The average Bonchev–Trinajstić information content (AvgIpc) is 3.38. The first kappa shape index (κ1) is 25.6. The quantitative estimate of drug-likeness (QED) is 0.341. The van der Waals surface area contributed by atoms with Gasteiger partial charge in [-0.1, -0.05) is 37.5 Å². The molecule has 1 aromatic heterocycles. The van der Waals surface area contributed by atoms with Crippen molar-refractivity contribution in [2.45, 2.75) is 77.6 Å². The highest BCUT2D eigenvalue weighted by Gasteiger charge is 2.31. The molecule has 0 N–H and O–H groups in total. The number of aromatic nitrogens is 2. The lowest BCUT2D eigenvalue weighted by Gasteiger charge is -2.35. The number of anilines is 1. The number of hydrogen-bond donors (Lipinski definition) is 0. The number of amides is 1. The molecule has 2 fully saturated rings. The van der Waals surface area contributed by atoms with E-state index in [1.165, 1.54) is 43.2 Å². The van der Waals surface area contributed by atoms with Crippen molar-refractivity contribution in [2.24, 2.45) is 11.8 Å². The summed E-state index contributed by atoms with van der Waals surface area (Å²) in [6.07, 6.45) is 14.2. The summed E-state index contributed by atoms with van der Waals surface area (Å²) in [5.41, 5.74) is 5.77. The molecule has 0 aliphatic heterocycles. The van der Waals surface area contributed by atoms with Gasteiger partial charge >= 0.3 is 0 Å². The highest BCUT2D eigenvalue weighted by atomic mass is 16.5.